The van der Waals surface area contributed by atoms with Gasteiger partial charge in [-0.2, -0.15) is 0 Å². The average Bonchev–Trinajstić information content (AvgIpc) is 2.30. The second kappa shape index (κ2) is 7.61. The summed E-state index contributed by atoms with van der Waals surface area (Å²) in [6.07, 6.45) is 0. The van der Waals surface area contributed by atoms with E-state index >= 15 is 0 Å². The Morgan fingerprint density at radius 3 is 1.22 bits per heavy atom. The lowest BCUT2D eigenvalue weighted by Gasteiger charge is -2.20. The highest BCUT2D eigenvalue weighted by Crippen LogP contribution is 2.31. The number of benzene rings is 1. The fourth-order valence-corrected chi connectivity index (χ4v) is 2.32. The lowest BCUT2D eigenvalue weighted by molar-refractivity contribution is 0.792. The van der Waals surface area contributed by atoms with Crippen molar-refractivity contribution >= 4 is 0 Å². The number of hydrogen-bond acceptors (Lipinski definition) is 0. The molecule has 0 amide bonds. The molecule has 0 bridgehead atoms. The lowest BCUT2D eigenvalue weighted by Crippen LogP contribution is -2.03. The Bertz CT molecular complexity index is 327. The Balaban J connectivity index is 0.00000137. The molecule has 0 aromatic heterocycles. The van der Waals surface area contributed by atoms with Crippen LogP contribution in [0.3, 0.4) is 0 Å². The standard InChI is InChI=1S/C16H26.C2H6/c1-10(2)14-8-15(11(3)4)13(7)16(9-14)12(5)6;1-2/h8-12H,1-7H3;1-2H3. The predicted octanol–water partition coefficient (Wildman–Crippen LogP) is 6.39. The van der Waals surface area contributed by atoms with Crippen LogP contribution in [-0.4, -0.2) is 0 Å². The highest BCUT2D eigenvalue weighted by molar-refractivity contribution is 5.42. The summed E-state index contributed by atoms with van der Waals surface area (Å²) in [5.74, 6) is 1.86. The van der Waals surface area contributed by atoms with E-state index in [0.29, 0.717) is 17.8 Å². The van der Waals surface area contributed by atoms with Crippen LogP contribution in [0, 0.1) is 6.92 Å². The van der Waals surface area contributed by atoms with Gasteiger partial charge < -0.3 is 0 Å². The van der Waals surface area contributed by atoms with Gasteiger partial charge >= 0.3 is 0 Å². The van der Waals surface area contributed by atoms with Crippen LogP contribution < -0.4 is 0 Å². The molecule has 0 nitrogen and oxygen atoms in total. The third kappa shape index (κ3) is 4.15. The summed E-state index contributed by atoms with van der Waals surface area (Å²) in [4.78, 5) is 0. The Labute approximate surface area is 115 Å². The van der Waals surface area contributed by atoms with Gasteiger partial charge in [-0.1, -0.05) is 67.5 Å². The first-order valence-corrected chi connectivity index (χ1v) is 7.48. The van der Waals surface area contributed by atoms with E-state index in [-0.39, 0.29) is 0 Å². The van der Waals surface area contributed by atoms with Crippen LogP contribution in [0.2, 0.25) is 0 Å². The zero-order valence-corrected chi connectivity index (χ0v) is 13.9. The Morgan fingerprint density at radius 2 is 1.00 bits per heavy atom. The molecule has 0 heterocycles. The van der Waals surface area contributed by atoms with E-state index in [4.69, 9.17) is 0 Å². The van der Waals surface area contributed by atoms with Crippen LogP contribution >= 0.6 is 0 Å². The van der Waals surface area contributed by atoms with Crippen LogP contribution in [0.25, 0.3) is 0 Å². The van der Waals surface area contributed by atoms with Gasteiger partial charge in [0.25, 0.3) is 0 Å². The molecule has 0 unspecified atom stereocenters. The molecule has 1 aromatic rings. The molecule has 0 spiro atoms. The monoisotopic (exact) mass is 248 g/mol. The van der Waals surface area contributed by atoms with Gasteiger partial charge in [0.05, 0.1) is 0 Å². The Morgan fingerprint density at radius 1 is 0.667 bits per heavy atom. The van der Waals surface area contributed by atoms with Crippen LogP contribution in [0.15, 0.2) is 12.1 Å². The second-order valence-corrected chi connectivity index (χ2v) is 5.79. The number of hydrogen-bond donors (Lipinski definition) is 0. The fourth-order valence-electron chi connectivity index (χ4n) is 2.32. The van der Waals surface area contributed by atoms with Crippen LogP contribution in [-0.2, 0) is 0 Å². The van der Waals surface area contributed by atoms with Crippen LogP contribution in [0.4, 0.5) is 0 Å². The molecule has 0 fully saturated rings. The fraction of sp³-hybridized carbons (Fsp3) is 0.667. The molecule has 0 saturated heterocycles. The first-order chi connectivity index (χ1) is 8.34. The lowest BCUT2D eigenvalue weighted by atomic mass is 9.85. The van der Waals surface area contributed by atoms with Crippen molar-refractivity contribution in [2.45, 2.75) is 80.1 Å². The quantitative estimate of drug-likeness (QED) is 0.581. The molecule has 0 heteroatoms. The molecular weight excluding hydrogens is 216 g/mol. The second-order valence-electron chi connectivity index (χ2n) is 5.79. The molecule has 18 heavy (non-hydrogen) atoms. The summed E-state index contributed by atoms with van der Waals surface area (Å²) in [6, 6.07) is 4.80. The molecular formula is C18H32. The molecule has 0 aliphatic rings. The minimum Gasteiger partial charge on any atom is -0.0683 e. The van der Waals surface area contributed by atoms with Crippen molar-refractivity contribution in [1.82, 2.24) is 0 Å². The Kier molecular flexibility index (Phi) is 7.28. The van der Waals surface area contributed by atoms with Gasteiger partial charge in [0.1, 0.15) is 0 Å². The molecule has 1 aromatic carbocycles. The first kappa shape index (κ1) is 17.2. The maximum atomic E-state index is 2.40. The first-order valence-electron chi connectivity index (χ1n) is 7.48. The van der Waals surface area contributed by atoms with E-state index in [9.17, 15) is 0 Å². The number of rotatable bonds is 3. The highest BCUT2D eigenvalue weighted by atomic mass is 14.2. The van der Waals surface area contributed by atoms with Crippen LogP contribution in [0.5, 0.6) is 0 Å². The van der Waals surface area contributed by atoms with E-state index < -0.39 is 0 Å². The van der Waals surface area contributed by atoms with Crippen molar-refractivity contribution in [3.8, 4) is 0 Å². The average molecular weight is 248 g/mol. The van der Waals surface area contributed by atoms with Crippen molar-refractivity contribution in [2.75, 3.05) is 0 Å². The van der Waals surface area contributed by atoms with Crippen molar-refractivity contribution in [2.24, 2.45) is 0 Å². The maximum absolute atomic E-state index is 2.40. The molecule has 0 aliphatic carbocycles. The third-order valence-electron chi connectivity index (χ3n) is 3.42. The van der Waals surface area contributed by atoms with E-state index in [1.807, 2.05) is 13.8 Å². The minimum absolute atomic E-state index is 0.621. The van der Waals surface area contributed by atoms with E-state index in [1.165, 1.54) is 22.3 Å². The van der Waals surface area contributed by atoms with Gasteiger partial charge in [0.2, 0.25) is 0 Å². The van der Waals surface area contributed by atoms with Crippen molar-refractivity contribution < 1.29 is 0 Å². The largest absolute Gasteiger partial charge is 0.0683 e. The molecule has 0 atom stereocenters. The zero-order valence-electron chi connectivity index (χ0n) is 13.9. The summed E-state index contributed by atoms with van der Waals surface area (Å²) >= 11 is 0. The molecule has 0 saturated carbocycles. The van der Waals surface area contributed by atoms with Crippen molar-refractivity contribution in [3.05, 3.63) is 34.4 Å². The van der Waals surface area contributed by atoms with E-state index in [0.717, 1.165) is 0 Å². The molecule has 1 rings (SSSR count). The van der Waals surface area contributed by atoms with Gasteiger partial charge in [-0.15, -0.1) is 0 Å². The normalized spacial score (nSPS) is 10.9. The summed E-state index contributed by atoms with van der Waals surface area (Å²) in [5, 5.41) is 0. The van der Waals surface area contributed by atoms with Crippen LogP contribution in [0.1, 0.15) is 95.4 Å². The Hall–Kier alpha value is -0.780. The molecule has 0 radical (unpaired) electrons. The van der Waals surface area contributed by atoms with Gasteiger partial charge in [-0.3, -0.25) is 0 Å². The molecule has 104 valence electrons. The highest BCUT2D eigenvalue weighted by Gasteiger charge is 2.13. The summed E-state index contributed by atoms with van der Waals surface area (Å²) < 4.78 is 0. The topological polar surface area (TPSA) is 0 Å². The minimum atomic E-state index is 0.621. The smallest absolute Gasteiger partial charge is 0.0216 e. The van der Waals surface area contributed by atoms with E-state index in [2.05, 4.69) is 60.6 Å². The third-order valence-corrected chi connectivity index (χ3v) is 3.42. The van der Waals surface area contributed by atoms with Gasteiger partial charge in [0.15, 0.2) is 0 Å². The van der Waals surface area contributed by atoms with E-state index in [1.54, 1.807) is 0 Å². The molecule has 0 N–H and O–H groups in total. The summed E-state index contributed by atoms with van der Waals surface area (Å²) in [7, 11) is 0. The predicted molar refractivity (Wildman–Crippen MR) is 84.8 cm³/mol. The SMILES string of the molecule is CC.Cc1c(C(C)C)cc(C(C)C)cc1C(C)C. The molecule has 0 aliphatic heterocycles. The van der Waals surface area contributed by atoms with Gasteiger partial charge in [-0.25, -0.2) is 0 Å². The zero-order chi connectivity index (χ0) is 14.5. The maximum Gasteiger partial charge on any atom is -0.0216 e. The van der Waals surface area contributed by atoms with Gasteiger partial charge in [0, 0.05) is 0 Å². The summed E-state index contributed by atoms with van der Waals surface area (Å²) in [5.41, 5.74) is 6.03. The summed E-state index contributed by atoms with van der Waals surface area (Å²) in [6.45, 7) is 20.0. The van der Waals surface area contributed by atoms with Crippen molar-refractivity contribution in [3.63, 3.8) is 0 Å². The van der Waals surface area contributed by atoms with Crippen molar-refractivity contribution in [1.29, 1.82) is 0 Å². The van der Waals surface area contributed by atoms with Gasteiger partial charge in [-0.05, 0) is 46.9 Å².